The molecule has 7 heteroatoms. The van der Waals surface area contributed by atoms with Crippen LogP contribution in [0.15, 0.2) is 35.0 Å². The summed E-state index contributed by atoms with van der Waals surface area (Å²) in [6.07, 6.45) is 3.30. The molecule has 2 heterocycles. The van der Waals surface area contributed by atoms with Crippen molar-refractivity contribution in [1.29, 1.82) is 5.41 Å². The summed E-state index contributed by atoms with van der Waals surface area (Å²) in [6, 6.07) is 7.94. The van der Waals surface area contributed by atoms with Gasteiger partial charge < -0.3 is 26.5 Å². The van der Waals surface area contributed by atoms with Crippen LogP contribution in [-0.2, 0) is 9.53 Å². The summed E-state index contributed by atoms with van der Waals surface area (Å²) < 4.78 is 5.97. The van der Waals surface area contributed by atoms with Crippen molar-refractivity contribution in [1.82, 2.24) is 5.32 Å². The Morgan fingerprint density at radius 2 is 2.04 bits per heavy atom. The van der Waals surface area contributed by atoms with Crippen molar-refractivity contribution in [2.45, 2.75) is 37.5 Å². The van der Waals surface area contributed by atoms with Crippen molar-refractivity contribution in [2.24, 2.45) is 11.7 Å². The summed E-state index contributed by atoms with van der Waals surface area (Å²) in [5.41, 5.74) is 7.69. The molecule has 4 rings (SSSR count). The number of ether oxygens (including phenoxy) is 1. The number of hydrogen-bond donors (Lipinski definition) is 4. The largest absolute Gasteiger partial charge is 0.393 e. The highest BCUT2D eigenvalue weighted by Gasteiger charge is 2.41. The van der Waals surface area contributed by atoms with Crippen molar-refractivity contribution >= 4 is 28.9 Å². The van der Waals surface area contributed by atoms with E-state index in [4.69, 9.17) is 27.5 Å². The maximum Gasteiger partial charge on any atom is 0.273 e. The zero-order valence-electron chi connectivity index (χ0n) is 13.7. The van der Waals surface area contributed by atoms with Crippen LogP contribution in [0.3, 0.4) is 0 Å². The average Bonchev–Trinajstić information content (AvgIpc) is 3.27. The van der Waals surface area contributed by atoms with Gasteiger partial charge in [-0.05, 0) is 37.0 Å². The molecular weight excluding hydrogens is 340 g/mol. The molecule has 3 atom stereocenters. The minimum Gasteiger partial charge on any atom is -0.393 e. The van der Waals surface area contributed by atoms with Gasteiger partial charge >= 0.3 is 0 Å². The molecular formula is C18H21ClN4O2. The molecule has 2 bridgehead atoms. The molecule has 0 unspecified atom stereocenters. The van der Waals surface area contributed by atoms with Gasteiger partial charge in [-0.3, -0.25) is 4.79 Å². The van der Waals surface area contributed by atoms with Crippen LogP contribution in [-0.4, -0.2) is 30.3 Å². The number of fused-ring (bicyclic) bond motifs is 2. The quantitative estimate of drug-likeness (QED) is 0.478. The standard InChI is InChI=1S/C18H21ClN4O2/c19-14(15(20)9-1-2-9)16(21)18(24)23-11-5-3-10(4-6-11)17-13-7-12(25-17)8-22-13/h3-6,9,12-13,17,20,22H,1-2,7-8,21H2,(H,23,24)/b16-14+,20-15?/t12-,13-,17+/m1/s1. The van der Waals surface area contributed by atoms with E-state index in [9.17, 15) is 4.79 Å². The molecule has 6 nitrogen and oxygen atoms in total. The molecule has 0 spiro atoms. The number of allylic oxidation sites excluding steroid dienone is 1. The smallest absolute Gasteiger partial charge is 0.273 e. The fraction of sp³-hybridized carbons (Fsp3) is 0.444. The van der Waals surface area contributed by atoms with Gasteiger partial charge in [0.1, 0.15) is 5.70 Å². The Morgan fingerprint density at radius 3 is 2.60 bits per heavy atom. The number of rotatable bonds is 5. The number of morpholine rings is 1. The van der Waals surface area contributed by atoms with Crippen LogP contribution in [0.2, 0.25) is 0 Å². The molecule has 0 aromatic heterocycles. The number of benzene rings is 1. The molecule has 5 N–H and O–H groups in total. The summed E-state index contributed by atoms with van der Waals surface area (Å²) in [6.45, 7) is 0.928. The third-order valence-corrected chi connectivity index (χ3v) is 5.44. The first kappa shape index (κ1) is 16.6. The molecule has 1 aromatic rings. The van der Waals surface area contributed by atoms with E-state index >= 15 is 0 Å². The lowest BCUT2D eigenvalue weighted by atomic mass is 10.0. The lowest BCUT2D eigenvalue weighted by molar-refractivity contribution is -0.112. The van der Waals surface area contributed by atoms with Crippen LogP contribution in [0.1, 0.15) is 30.9 Å². The summed E-state index contributed by atoms with van der Waals surface area (Å²) in [5, 5.41) is 14.1. The summed E-state index contributed by atoms with van der Waals surface area (Å²) in [7, 11) is 0. The predicted molar refractivity (Wildman–Crippen MR) is 96.6 cm³/mol. The number of carbonyl (C=O) groups excluding carboxylic acids is 1. The normalized spacial score (nSPS) is 28.6. The van der Waals surface area contributed by atoms with Crippen molar-refractivity contribution in [3.8, 4) is 0 Å². The van der Waals surface area contributed by atoms with Gasteiger partial charge in [-0.1, -0.05) is 23.7 Å². The number of carbonyl (C=O) groups is 1. The van der Waals surface area contributed by atoms with Crippen LogP contribution in [0.25, 0.3) is 0 Å². The van der Waals surface area contributed by atoms with Crippen LogP contribution in [0, 0.1) is 11.3 Å². The Hall–Kier alpha value is -1.89. The maximum absolute atomic E-state index is 12.2. The Bertz CT molecular complexity index is 742. The minimum absolute atomic E-state index is 0.0538. The number of halogens is 1. The summed E-state index contributed by atoms with van der Waals surface area (Å²) >= 11 is 6.07. The van der Waals surface area contributed by atoms with Crippen molar-refractivity contribution in [2.75, 3.05) is 11.9 Å². The SMILES string of the molecule is N=C(/C(Cl)=C(\N)C(=O)Nc1ccc([C@@H]2O[C@H]3CN[C@@H]2C3)cc1)C1CC1. The first-order valence-electron chi connectivity index (χ1n) is 8.57. The second-order valence-electron chi connectivity index (χ2n) is 6.92. The zero-order chi connectivity index (χ0) is 17.6. The van der Waals surface area contributed by atoms with Crippen molar-refractivity contribution in [3.63, 3.8) is 0 Å². The van der Waals surface area contributed by atoms with E-state index in [-0.39, 0.29) is 28.5 Å². The van der Waals surface area contributed by atoms with Gasteiger partial charge in [0, 0.05) is 24.2 Å². The third kappa shape index (κ3) is 3.29. The molecule has 132 valence electrons. The number of hydrogen-bond acceptors (Lipinski definition) is 5. The second kappa shape index (κ2) is 6.44. The molecule has 2 aliphatic heterocycles. The van der Waals surface area contributed by atoms with Gasteiger partial charge in [-0.15, -0.1) is 0 Å². The van der Waals surface area contributed by atoms with Crippen molar-refractivity contribution in [3.05, 3.63) is 40.6 Å². The van der Waals surface area contributed by atoms with Crippen LogP contribution >= 0.6 is 11.6 Å². The highest BCUT2D eigenvalue weighted by Crippen LogP contribution is 2.37. The maximum atomic E-state index is 12.2. The van der Waals surface area contributed by atoms with Gasteiger partial charge in [0.2, 0.25) is 0 Å². The first-order valence-corrected chi connectivity index (χ1v) is 8.95. The Labute approximate surface area is 151 Å². The monoisotopic (exact) mass is 360 g/mol. The van der Waals surface area contributed by atoms with Crippen LogP contribution < -0.4 is 16.4 Å². The Balaban J connectivity index is 1.41. The fourth-order valence-corrected chi connectivity index (χ4v) is 3.67. The lowest BCUT2D eigenvalue weighted by Crippen LogP contribution is -2.33. The van der Waals surface area contributed by atoms with Crippen LogP contribution in [0.4, 0.5) is 5.69 Å². The molecule has 1 aromatic carbocycles. The highest BCUT2D eigenvalue weighted by atomic mass is 35.5. The Kier molecular flexibility index (Phi) is 4.27. The van der Waals surface area contributed by atoms with Gasteiger partial charge in [-0.25, -0.2) is 0 Å². The molecule has 3 fully saturated rings. The van der Waals surface area contributed by atoms with E-state index < -0.39 is 5.91 Å². The Morgan fingerprint density at radius 1 is 1.32 bits per heavy atom. The van der Waals surface area contributed by atoms with Crippen molar-refractivity contribution < 1.29 is 9.53 Å². The van der Waals surface area contributed by atoms with Gasteiger partial charge in [0.15, 0.2) is 0 Å². The molecule has 3 aliphatic rings. The molecule has 1 aliphatic carbocycles. The van der Waals surface area contributed by atoms with E-state index in [1.807, 2.05) is 24.3 Å². The van der Waals surface area contributed by atoms with E-state index in [1.54, 1.807) is 0 Å². The number of amides is 1. The molecule has 0 radical (unpaired) electrons. The van der Waals surface area contributed by atoms with Gasteiger partial charge in [-0.2, -0.15) is 0 Å². The third-order valence-electron chi connectivity index (χ3n) is 5.03. The molecule has 25 heavy (non-hydrogen) atoms. The number of nitrogens with one attached hydrogen (secondary N) is 3. The predicted octanol–water partition coefficient (Wildman–Crippen LogP) is 2.27. The molecule has 1 saturated carbocycles. The van der Waals surface area contributed by atoms with Crippen LogP contribution in [0.5, 0.6) is 0 Å². The zero-order valence-corrected chi connectivity index (χ0v) is 14.5. The fourth-order valence-electron chi connectivity index (χ4n) is 3.43. The van der Waals surface area contributed by atoms with Gasteiger partial charge in [0.25, 0.3) is 5.91 Å². The van der Waals surface area contributed by atoms with E-state index in [0.29, 0.717) is 17.8 Å². The minimum atomic E-state index is -0.485. The number of nitrogens with two attached hydrogens (primary N) is 1. The van der Waals surface area contributed by atoms with Gasteiger partial charge in [0.05, 0.1) is 23.0 Å². The summed E-state index contributed by atoms with van der Waals surface area (Å²) in [5.74, 6) is -0.338. The lowest BCUT2D eigenvalue weighted by Gasteiger charge is -2.23. The first-order chi connectivity index (χ1) is 12.0. The van der Waals surface area contributed by atoms with E-state index in [1.165, 1.54) is 0 Å². The molecule has 1 amide bonds. The topological polar surface area (TPSA) is 100 Å². The second-order valence-corrected chi connectivity index (χ2v) is 7.30. The molecule has 2 saturated heterocycles. The number of anilines is 1. The average molecular weight is 361 g/mol. The summed E-state index contributed by atoms with van der Waals surface area (Å²) in [4.78, 5) is 12.2. The highest BCUT2D eigenvalue weighted by molar-refractivity contribution is 6.45. The van der Waals surface area contributed by atoms with E-state index in [2.05, 4.69) is 10.6 Å². The van der Waals surface area contributed by atoms with E-state index in [0.717, 1.165) is 31.4 Å².